The van der Waals surface area contributed by atoms with Gasteiger partial charge in [0.15, 0.2) is 0 Å². The third kappa shape index (κ3) is 6.17. The van der Waals surface area contributed by atoms with Crippen molar-refractivity contribution in [3.63, 3.8) is 0 Å². The highest BCUT2D eigenvalue weighted by atomic mass is 16.5. The van der Waals surface area contributed by atoms with Gasteiger partial charge in [0.05, 0.1) is 13.2 Å². The molecule has 0 saturated heterocycles. The van der Waals surface area contributed by atoms with Crippen LogP contribution in [0.5, 0.6) is 5.75 Å². The molecule has 0 aliphatic heterocycles. The van der Waals surface area contributed by atoms with E-state index in [1.54, 1.807) is 0 Å². The summed E-state index contributed by atoms with van der Waals surface area (Å²) in [4.78, 5) is 12.9. The van der Waals surface area contributed by atoms with Crippen molar-refractivity contribution >= 4 is 5.97 Å². The Kier molecular flexibility index (Phi) is 6.21. The quantitative estimate of drug-likeness (QED) is 0.784. The smallest absolute Gasteiger partial charge is 0.317 e. The number of carboxylic acids is 1. The van der Waals surface area contributed by atoms with Gasteiger partial charge >= 0.3 is 5.97 Å². The molecule has 0 atom stereocenters. The summed E-state index contributed by atoms with van der Waals surface area (Å²) in [6, 6.07) is 6.15. The van der Waals surface area contributed by atoms with Crippen LogP contribution in [0.3, 0.4) is 0 Å². The van der Waals surface area contributed by atoms with E-state index in [0.717, 1.165) is 17.7 Å². The topological polar surface area (TPSA) is 49.8 Å². The van der Waals surface area contributed by atoms with E-state index in [0.29, 0.717) is 13.2 Å². The second-order valence-corrected chi connectivity index (χ2v) is 6.46. The van der Waals surface area contributed by atoms with Crippen molar-refractivity contribution in [1.29, 1.82) is 0 Å². The predicted octanol–water partition coefficient (Wildman–Crippen LogP) is 3.26. The van der Waals surface area contributed by atoms with Crippen LogP contribution >= 0.6 is 0 Å². The van der Waals surface area contributed by atoms with Crippen LogP contribution in [0, 0.1) is 13.8 Å². The van der Waals surface area contributed by atoms with Gasteiger partial charge in [-0.2, -0.15) is 0 Å². The van der Waals surface area contributed by atoms with Gasteiger partial charge in [-0.1, -0.05) is 12.1 Å². The lowest BCUT2D eigenvalue weighted by molar-refractivity contribution is -0.139. The molecule has 1 aromatic rings. The summed E-state index contributed by atoms with van der Waals surface area (Å²) < 4.78 is 5.81. The molecular formula is C17H27NO3. The predicted molar refractivity (Wildman–Crippen MR) is 85.0 cm³/mol. The van der Waals surface area contributed by atoms with Crippen molar-refractivity contribution in [2.24, 2.45) is 0 Å². The van der Waals surface area contributed by atoms with Gasteiger partial charge < -0.3 is 9.84 Å². The molecule has 0 radical (unpaired) electrons. The number of aliphatic carboxylic acids is 1. The van der Waals surface area contributed by atoms with Gasteiger partial charge in [0.2, 0.25) is 0 Å². The summed E-state index contributed by atoms with van der Waals surface area (Å²) in [5.74, 6) is 0.121. The first-order valence-corrected chi connectivity index (χ1v) is 7.37. The Bertz CT molecular complexity index is 477. The number of benzene rings is 1. The van der Waals surface area contributed by atoms with E-state index in [9.17, 15) is 4.79 Å². The molecule has 1 N–H and O–H groups in total. The Hall–Kier alpha value is -1.55. The van der Waals surface area contributed by atoms with Crippen molar-refractivity contribution in [1.82, 2.24) is 4.90 Å². The number of hydrogen-bond donors (Lipinski definition) is 1. The molecule has 0 aromatic heterocycles. The van der Waals surface area contributed by atoms with E-state index in [2.05, 4.69) is 12.1 Å². The van der Waals surface area contributed by atoms with Crippen LogP contribution in [0.2, 0.25) is 0 Å². The third-order valence-electron chi connectivity index (χ3n) is 3.45. The molecule has 0 aliphatic rings. The number of hydrogen-bond acceptors (Lipinski definition) is 3. The maximum Gasteiger partial charge on any atom is 0.317 e. The fourth-order valence-electron chi connectivity index (χ4n) is 2.12. The van der Waals surface area contributed by atoms with Crippen molar-refractivity contribution in [2.45, 2.75) is 46.6 Å². The molecule has 0 saturated carbocycles. The van der Waals surface area contributed by atoms with Crippen molar-refractivity contribution < 1.29 is 14.6 Å². The van der Waals surface area contributed by atoms with Crippen LogP contribution < -0.4 is 4.74 Å². The van der Waals surface area contributed by atoms with E-state index in [1.807, 2.05) is 45.6 Å². The lowest BCUT2D eigenvalue weighted by atomic mass is 10.1. The normalized spacial score (nSPS) is 11.7. The van der Waals surface area contributed by atoms with E-state index in [-0.39, 0.29) is 12.1 Å². The van der Waals surface area contributed by atoms with Crippen LogP contribution in [-0.2, 0) is 4.79 Å². The number of carboxylic acid groups (broad SMARTS) is 1. The summed E-state index contributed by atoms with van der Waals surface area (Å²) in [5.41, 5.74) is 2.15. The minimum atomic E-state index is -0.791. The minimum absolute atomic E-state index is 0.0625. The van der Waals surface area contributed by atoms with Crippen LogP contribution in [0.25, 0.3) is 0 Å². The van der Waals surface area contributed by atoms with Crippen LogP contribution in [-0.4, -0.2) is 41.2 Å². The van der Waals surface area contributed by atoms with Gasteiger partial charge in [0.1, 0.15) is 5.75 Å². The number of ether oxygens (including phenoxy) is 1. The molecule has 4 heteroatoms. The first-order valence-electron chi connectivity index (χ1n) is 7.37. The molecule has 0 unspecified atom stereocenters. The molecule has 0 spiro atoms. The molecule has 1 rings (SSSR count). The van der Waals surface area contributed by atoms with Gasteiger partial charge in [-0.3, -0.25) is 9.69 Å². The lowest BCUT2D eigenvalue weighted by Crippen LogP contribution is -2.45. The Morgan fingerprint density at radius 2 is 1.95 bits per heavy atom. The first kappa shape index (κ1) is 17.5. The highest BCUT2D eigenvalue weighted by Crippen LogP contribution is 2.19. The van der Waals surface area contributed by atoms with Crippen molar-refractivity contribution in [3.05, 3.63) is 29.3 Å². The molecule has 118 valence electrons. The molecule has 0 heterocycles. The standard InChI is InChI=1S/C17H27NO3/c1-13-7-8-14(2)15(11-13)21-10-6-9-18(12-16(19)20)17(3,4)5/h7-8,11H,6,9-10,12H2,1-5H3,(H,19,20). The maximum atomic E-state index is 10.9. The van der Waals surface area contributed by atoms with Crippen molar-refractivity contribution in [2.75, 3.05) is 19.7 Å². The van der Waals surface area contributed by atoms with Gasteiger partial charge in [0, 0.05) is 12.1 Å². The number of nitrogens with zero attached hydrogens (tertiary/aromatic N) is 1. The van der Waals surface area contributed by atoms with E-state index in [1.165, 1.54) is 5.56 Å². The summed E-state index contributed by atoms with van der Waals surface area (Å²) in [5, 5.41) is 8.98. The minimum Gasteiger partial charge on any atom is -0.493 e. The van der Waals surface area contributed by atoms with Gasteiger partial charge in [-0.15, -0.1) is 0 Å². The Balaban J connectivity index is 2.47. The highest BCUT2D eigenvalue weighted by molar-refractivity contribution is 5.69. The molecule has 4 nitrogen and oxygen atoms in total. The SMILES string of the molecule is Cc1ccc(C)c(OCCCN(CC(=O)O)C(C)(C)C)c1. The van der Waals surface area contributed by atoms with Crippen molar-refractivity contribution in [3.8, 4) is 5.75 Å². The van der Waals surface area contributed by atoms with E-state index >= 15 is 0 Å². The molecule has 0 fully saturated rings. The molecule has 0 bridgehead atoms. The Morgan fingerprint density at radius 1 is 1.29 bits per heavy atom. The average Bonchev–Trinajstić information content (AvgIpc) is 2.35. The summed E-state index contributed by atoms with van der Waals surface area (Å²) in [6.45, 7) is 11.5. The largest absolute Gasteiger partial charge is 0.493 e. The summed E-state index contributed by atoms with van der Waals surface area (Å²) >= 11 is 0. The molecule has 0 amide bonds. The number of aryl methyl sites for hydroxylation is 2. The zero-order chi connectivity index (χ0) is 16.0. The average molecular weight is 293 g/mol. The number of carbonyl (C=O) groups is 1. The molecule has 21 heavy (non-hydrogen) atoms. The Morgan fingerprint density at radius 3 is 2.52 bits per heavy atom. The first-order chi connectivity index (χ1) is 9.70. The summed E-state index contributed by atoms with van der Waals surface area (Å²) in [7, 11) is 0. The maximum absolute atomic E-state index is 10.9. The zero-order valence-electron chi connectivity index (χ0n) is 13.8. The van der Waals surface area contributed by atoms with Crippen LogP contribution in [0.4, 0.5) is 0 Å². The fourth-order valence-corrected chi connectivity index (χ4v) is 2.12. The third-order valence-corrected chi connectivity index (χ3v) is 3.45. The van der Waals surface area contributed by atoms with Gasteiger partial charge in [0.25, 0.3) is 0 Å². The lowest BCUT2D eigenvalue weighted by Gasteiger charge is -2.34. The molecular weight excluding hydrogens is 266 g/mol. The molecule has 0 aliphatic carbocycles. The highest BCUT2D eigenvalue weighted by Gasteiger charge is 2.22. The van der Waals surface area contributed by atoms with E-state index < -0.39 is 5.97 Å². The van der Waals surface area contributed by atoms with Crippen LogP contribution in [0.15, 0.2) is 18.2 Å². The van der Waals surface area contributed by atoms with E-state index in [4.69, 9.17) is 9.84 Å². The van der Waals surface area contributed by atoms with Crippen LogP contribution in [0.1, 0.15) is 38.3 Å². The second kappa shape index (κ2) is 7.46. The second-order valence-electron chi connectivity index (χ2n) is 6.46. The van der Waals surface area contributed by atoms with Gasteiger partial charge in [-0.05, 0) is 58.2 Å². The zero-order valence-corrected chi connectivity index (χ0v) is 13.8. The fraction of sp³-hybridized carbons (Fsp3) is 0.588. The summed E-state index contributed by atoms with van der Waals surface area (Å²) in [6.07, 6.45) is 0.804. The monoisotopic (exact) mass is 293 g/mol. The molecule has 1 aromatic carbocycles. The van der Waals surface area contributed by atoms with Gasteiger partial charge in [-0.25, -0.2) is 0 Å². The number of rotatable bonds is 7. The Labute approximate surface area is 127 Å².